The first-order chi connectivity index (χ1) is 11.8. The van der Waals surface area contributed by atoms with Crippen LogP contribution in [-0.4, -0.2) is 28.7 Å². The van der Waals surface area contributed by atoms with Crippen LogP contribution < -0.4 is 10.0 Å². The van der Waals surface area contributed by atoms with Crippen LogP contribution in [-0.2, 0) is 17.1 Å². The van der Waals surface area contributed by atoms with Gasteiger partial charge in [-0.1, -0.05) is 0 Å². The number of anilines is 2. The van der Waals surface area contributed by atoms with Gasteiger partial charge in [-0.2, -0.15) is 5.10 Å². The van der Waals surface area contributed by atoms with Gasteiger partial charge in [0.25, 0.3) is 5.69 Å². The number of hydrogen-bond donors (Lipinski definition) is 2. The minimum absolute atomic E-state index is 0.163. The van der Waals surface area contributed by atoms with E-state index in [0.29, 0.717) is 11.4 Å². The van der Waals surface area contributed by atoms with Crippen LogP contribution >= 0.6 is 0 Å². The van der Waals surface area contributed by atoms with E-state index in [-0.39, 0.29) is 16.3 Å². The van der Waals surface area contributed by atoms with E-state index in [1.807, 2.05) is 6.92 Å². The molecule has 1 heterocycles. The van der Waals surface area contributed by atoms with Crippen molar-refractivity contribution in [1.29, 1.82) is 0 Å². The van der Waals surface area contributed by atoms with E-state index in [1.165, 1.54) is 12.1 Å². The third kappa shape index (κ3) is 4.20. The fraction of sp³-hybridized carbons (Fsp3) is 0.438. The molecule has 0 aliphatic heterocycles. The number of aromatic nitrogens is 2. The van der Waals surface area contributed by atoms with Gasteiger partial charge >= 0.3 is 0 Å². The summed E-state index contributed by atoms with van der Waals surface area (Å²) in [6.07, 6.45) is 0. The molecule has 2 N–H and O–H groups in total. The Kier molecular flexibility index (Phi) is 5.11. The van der Waals surface area contributed by atoms with Crippen LogP contribution in [0.5, 0.6) is 0 Å². The van der Waals surface area contributed by atoms with Gasteiger partial charge in [0, 0.05) is 18.7 Å². The molecule has 1 aromatic carbocycles. The van der Waals surface area contributed by atoms with Gasteiger partial charge in [0.2, 0.25) is 10.0 Å². The fourth-order valence-electron chi connectivity index (χ4n) is 2.49. The van der Waals surface area contributed by atoms with Crippen LogP contribution in [0.4, 0.5) is 17.1 Å². The summed E-state index contributed by atoms with van der Waals surface area (Å²) in [5.41, 5.74) is 1.31. The van der Waals surface area contributed by atoms with Gasteiger partial charge in [0.15, 0.2) is 0 Å². The van der Waals surface area contributed by atoms with Gasteiger partial charge in [-0.25, -0.2) is 13.1 Å². The molecular weight excluding hydrogens is 358 g/mol. The molecular formula is C16H23N5O4S. The second-order valence-corrected chi connectivity index (χ2v) is 8.77. The summed E-state index contributed by atoms with van der Waals surface area (Å²) < 4.78 is 29.0. The Hall–Kier alpha value is -2.46. The van der Waals surface area contributed by atoms with Crippen molar-refractivity contribution >= 4 is 27.1 Å². The van der Waals surface area contributed by atoms with Gasteiger partial charge in [-0.3, -0.25) is 14.8 Å². The second-order valence-electron chi connectivity index (χ2n) is 7.09. The highest BCUT2D eigenvalue weighted by atomic mass is 32.2. The number of sulfonamides is 1. The van der Waals surface area contributed by atoms with E-state index >= 15 is 0 Å². The van der Waals surface area contributed by atoms with Crippen molar-refractivity contribution in [3.63, 3.8) is 0 Å². The maximum Gasteiger partial charge on any atom is 0.294 e. The van der Waals surface area contributed by atoms with Gasteiger partial charge in [0.05, 0.1) is 26.9 Å². The Morgan fingerprint density at radius 3 is 2.31 bits per heavy atom. The van der Waals surface area contributed by atoms with E-state index in [9.17, 15) is 18.5 Å². The lowest BCUT2D eigenvalue weighted by Crippen LogP contribution is -2.40. The fourth-order valence-corrected chi connectivity index (χ4v) is 3.92. The largest absolute Gasteiger partial charge is 0.347 e. The quantitative estimate of drug-likeness (QED) is 0.607. The molecule has 1 aromatic heterocycles. The lowest BCUT2D eigenvalue weighted by atomic mass is 10.1. The molecule has 0 bridgehead atoms. The number of nitrogens with zero attached hydrogens (tertiary/aromatic N) is 3. The van der Waals surface area contributed by atoms with Gasteiger partial charge in [-0.05, 0) is 46.8 Å². The highest BCUT2D eigenvalue weighted by Crippen LogP contribution is 2.32. The Balaban J connectivity index is 2.49. The Labute approximate surface area is 152 Å². The molecule has 2 aromatic rings. The summed E-state index contributed by atoms with van der Waals surface area (Å²) in [6, 6.07) is 3.78. The lowest BCUT2D eigenvalue weighted by Gasteiger charge is -2.20. The van der Waals surface area contributed by atoms with Crippen LogP contribution in [0.15, 0.2) is 23.1 Å². The highest BCUT2D eigenvalue weighted by molar-refractivity contribution is 7.89. The number of nitrogens with one attached hydrogen (secondary N) is 2. The zero-order valence-electron chi connectivity index (χ0n) is 15.6. The summed E-state index contributed by atoms with van der Waals surface area (Å²) in [5, 5.41) is 18.7. The number of nitro benzene ring substituents is 1. The van der Waals surface area contributed by atoms with E-state index in [2.05, 4.69) is 15.1 Å². The van der Waals surface area contributed by atoms with Crippen LogP contribution in [0.1, 0.15) is 32.2 Å². The summed E-state index contributed by atoms with van der Waals surface area (Å²) >= 11 is 0. The molecule has 0 fully saturated rings. The third-order valence-electron chi connectivity index (χ3n) is 3.69. The summed E-state index contributed by atoms with van der Waals surface area (Å²) in [6.45, 7) is 8.71. The van der Waals surface area contributed by atoms with E-state index in [1.54, 1.807) is 39.4 Å². The predicted molar refractivity (Wildman–Crippen MR) is 99.1 cm³/mol. The number of rotatable bonds is 5. The summed E-state index contributed by atoms with van der Waals surface area (Å²) in [4.78, 5) is 10.7. The molecule has 0 radical (unpaired) electrons. The molecule has 0 amide bonds. The van der Waals surface area contributed by atoms with E-state index < -0.39 is 20.5 Å². The molecule has 0 atom stereocenters. The first kappa shape index (κ1) is 19.9. The molecule has 0 unspecified atom stereocenters. The maximum absolute atomic E-state index is 12.4. The van der Waals surface area contributed by atoms with Gasteiger partial charge in [-0.15, -0.1) is 0 Å². The minimum Gasteiger partial charge on any atom is -0.347 e. The molecule has 142 valence electrons. The molecule has 2 rings (SSSR count). The zero-order valence-corrected chi connectivity index (χ0v) is 16.4. The molecule has 0 spiro atoms. The Morgan fingerprint density at radius 2 is 1.85 bits per heavy atom. The molecule has 9 nitrogen and oxygen atoms in total. The third-order valence-corrected chi connectivity index (χ3v) is 5.44. The average molecular weight is 381 g/mol. The van der Waals surface area contributed by atoms with Crippen molar-refractivity contribution in [2.24, 2.45) is 7.05 Å². The van der Waals surface area contributed by atoms with Crippen molar-refractivity contribution in [3.8, 4) is 0 Å². The van der Waals surface area contributed by atoms with E-state index in [4.69, 9.17) is 0 Å². The predicted octanol–water partition coefficient (Wildman–Crippen LogP) is 2.77. The Morgan fingerprint density at radius 1 is 1.23 bits per heavy atom. The molecule has 26 heavy (non-hydrogen) atoms. The second kappa shape index (κ2) is 6.69. The van der Waals surface area contributed by atoms with Crippen LogP contribution in [0, 0.1) is 24.0 Å². The number of hydrogen-bond acceptors (Lipinski definition) is 6. The number of aryl methyl sites for hydroxylation is 2. The van der Waals surface area contributed by atoms with E-state index in [0.717, 1.165) is 11.8 Å². The summed E-state index contributed by atoms with van der Waals surface area (Å²) in [7, 11) is -2.10. The monoisotopic (exact) mass is 381 g/mol. The van der Waals surface area contributed by atoms with Crippen molar-refractivity contribution in [2.75, 3.05) is 5.32 Å². The number of nitro groups is 1. The Bertz CT molecular complexity index is 958. The standard InChI is InChI=1S/C16H23N5O4S/c1-10-15(11(2)20(6)18-10)17-13-8-7-12(9-14(13)21(22)23)26(24,25)19-16(3,4)5/h7-9,17,19H,1-6H3. The van der Waals surface area contributed by atoms with Crippen LogP contribution in [0.25, 0.3) is 0 Å². The smallest absolute Gasteiger partial charge is 0.294 e. The van der Waals surface area contributed by atoms with Crippen molar-refractivity contribution in [2.45, 2.75) is 45.1 Å². The first-order valence-corrected chi connectivity index (χ1v) is 9.40. The maximum atomic E-state index is 12.4. The average Bonchev–Trinajstić information content (AvgIpc) is 2.71. The van der Waals surface area contributed by atoms with Gasteiger partial charge in [0.1, 0.15) is 5.69 Å². The van der Waals surface area contributed by atoms with Gasteiger partial charge < -0.3 is 5.32 Å². The summed E-state index contributed by atoms with van der Waals surface area (Å²) in [5.74, 6) is 0. The normalized spacial score (nSPS) is 12.2. The number of benzene rings is 1. The van der Waals surface area contributed by atoms with Crippen LogP contribution in [0.3, 0.4) is 0 Å². The molecule has 0 aliphatic carbocycles. The topological polar surface area (TPSA) is 119 Å². The minimum atomic E-state index is -3.87. The molecule has 0 aliphatic rings. The van der Waals surface area contributed by atoms with Crippen LogP contribution in [0.2, 0.25) is 0 Å². The molecule has 10 heteroatoms. The van der Waals surface area contributed by atoms with Crippen molar-refractivity contribution in [3.05, 3.63) is 39.7 Å². The SMILES string of the molecule is Cc1nn(C)c(C)c1Nc1ccc(S(=O)(=O)NC(C)(C)C)cc1[N+](=O)[O-]. The van der Waals surface area contributed by atoms with Crippen molar-refractivity contribution in [1.82, 2.24) is 14.5 Å². The zero-order chi connectivity index (χ0) is 19.9. The lowest BCUT2D eigenvalue weighted by molar-refractivity contribution is -0.384. The molecule has 0 saturated carbocycles. The van der Waals surface area contributed by atoms with Crippen molar-refractivity contribution < 1.29 is 13.3 Å². The first-order valence-electron chi connectivity index (χ1n) is 7.91. The highest BCUT2D eigenvalue weighted by Gasteiger charge is 2.26. The molecule has 0 saturated heterocycles.